The van der Waals surface area contributed by atoms with E-state index in [2.05, 4.69) is 0 Å². The number of amides is 2. The Morgan fingerprint density at radius 1 is 1.20 bits per heavy atom. The molecule has 2 amide bonds. The molecular weight excluding hydrogens is 260 g/mol. The fourth-order valence-corrected chi connectivity index (χ4v) is 3.09. The van der Waals surface area contributed by atoms with Crippen LogP contribution in [-0.2, 0) is 9.53 Å². The van der Waals surface area contributed by atoms with Gasteiger partial charge in [-0.05, 0) is 25.7 Å². The van der Waals surface area contributed by atoms with Gasteiger partial charge >= 0.3 is 12.0 Å². The Morgan fingerprint density at radius 3 is 2.35 bits per heavy atom. The maximum atomic E-state index is 12.4. The Hall–Kier alpha value is -1.30. The first-order chi connectivity index (χ1) is 9.52. The number of carbonyl (C=O) groups excluding carboxylic acids is 1. The molecule has 0 aromatic rings. The molecule has 2 saturated heterocycles. The minimum absolute atomic E-state index is 0.0180. The van der Waals surface area contributed by atoms with Crippen LogP contribution in [0, 0.1) is 11.8 Å². The highest BCUT2D eigenvalue weighted by atomic mass is 16.5. The molecule has 0 saturated carbocycles. The Labute approximate surface area is 119 Å². The van der Waals surface area contributed by atoms with E-state index in [0.717, 1.165) is 12.8 Å². The second kappa shape index (κ2) is 6.43. The molecule has 2 aliphatic rings. The summed E-state index contributed by atoms with van der Waals surface area (Å²) in [6.07, 6.45) is 1.99. The maximum Gasteiger partial charge on any atom is 0.320 e. The predicted molar refractivity (Wildman–Crippen MR) is 73.5 cm³/mol. The van der Waals surface area contributed by atoms with E-state index >= 15 is 0 Å². The molecule has 2 fully saturated rings. The van der Waals surface area contributed by atoms with Crippen molar-refractivity contribution in [2.45, 2.75) is 32.8 Å². The van der Waals surface area contributed by atoms with Crippen LogP contribution in [0.15, 0.2) is 0 Å². The van der Waals surface area contributed by atoms with Crippen LogP contribution >= 0.6 is 0 Å². The highest BCUT2D eigenvalue weighted by Crippen LogP contribution is 2.25. The minimum atomic E-state index is -0.803. The number of carboxylic acid groups (broad SMARTS) is 1. The predicted octanol–water partition coefficient (Wildman–Crippen LogP) is 1.26. The van der Waals surface area contributed by atoms with Crippen molar-refractivity contribution in [1.29, 1.82) is 0 Å². The van der Waals surface area contributed by atoms with Crippen molar-refractivity contribution in [2.24, 2.45) is 11.8 Å². The molecule has 20 heavy (non-hydrogen) atoms. The van der Waals surface area contributed by atoms with E-state index in [1.54, 1.807) is 4.90 Å². The first kappa shape index (κ1) is 15.1. The molecule has 0 bridgehead atoms. The minimum Gasteiger partial charge on any atom is -0.481 e. The van der Waals surface area contributed by atoms with E-state index in [1.807, 2.05) is 18.7 Å². The number of carbonyl (C=O) groups is 2. The molecule has 2 atom stereocenters. The van der Waals surface area contributed by atoms with Gasteiger partial charge in [0.25, 0.3) is 0 Å². The van der Waals surface area contributed by atoms with Crippen LogP contribution in [0.4, 0.5) is 4.79 Å². The zero-order valence-corrected chi connectivity index (χ0v) is 12.2. The Kier molecular flexibility index (Phi) is 4.86. The standard InChI is InChI=1S/C14H24N2O4/c1-3-20-11-4-6-15(7-5-11)14(19)16-8-10(2)12(9-16)13(17)18/h10-12H,3-9H2,1-2H3,(H,17,18)/t10-,12-/m1/s1. The fraction of sp³-hybridized carbons (Fsp3) is 0.857. The average molecular weight is 284 g/mol. The summed E-state index contributed by atoms with van der Waals surface area (Å²) in [6, 6.07) is -0.0180. The largest absolute Gasteiger partial charge is 0.481 e. The van der Waals surface area contributed by atoms with Crippen molar-refractivity contribution in [2.75, 3.05) is 32.8 Å². The van der Waals surface area contributed by atoms with E-state index < -0.39 is 11.9 Å². The summed E-state index contributed by atoms with van der Waals surface area (Å²) in [5.41, 5.74) is 0. The Morgan fingerprint density at radius 2 is 1.85 bits per heavy atom. The number of urea groups is 1. The van der Waals surface area contributed by atoms with Gasteiger partial charge in [-0.3, -0.25) is 4.79 Å². The molecule has 0 radical (unpaired) electrons. The quantitative estimate of drug-likeness (QED) is 0.847. The number of likely N-dealkylation sites (tertiary alicyclic amines) is 2. The molecule has 0 aromatic heterocycles. The normalized spacial score (nSPS) is 27.9. The van der Waals surface area contributed by atoms with Gasteiger partial charge < -0.3 is 19.6 Å². The van der Waals surface area contributed by atoms with Gasteiger partial charge in [0, 0.05) is 32.8 Å². The van der Waals surface area contributed by atoms with Gasteiger partial charge in [0.2, 0.25) is 0 Å². The zero-order valence-electron chi connectivity index (χ0n) is 12.2. The molecule has 6 nitrogen and oxygen atoms in total. The third kappa shape index (κ3) is 3.23. The number of hydrogen-bond acceptors (Lipinski definition) is 3. The van der Waals surface area contributed by atoms with Gasteiger partial charge in [-0.25, -0.2) is 4.79 Å². The zero-order chi connectivity index (χ0) is 14.7. The first-order valence-corrected chi connectivity index (χ1v) is 7.41. The topological polar surface area (TPSA) is 70.1 Å². The van der Waals surface area contributed by atoms with Crippen molar-refractivity contribution in [3.05, 3.63) is 0 Å². The smallest absolute Gasteiger partial charge is 0.320 e. The van der Waals surface area contributed by atoms with Gasteiger partial charge in [0.15, 0.2) is 0 Å². The van der Waals surface area contributed by atoms with Crippen LogP contribution in [0.3, 0.4) is 0 Å². The Bertz CT molecular complexity index is 366. The number of nitrogens with zero attached hydrogens (tertiary/aromatic N) is 2. The second-order valence-electron chi connectivity index (χ2n) is 5.75. The number of rotatable bonds is 3. The number of piperidine rings is 1. The summed E-state index contributed by atoms with van der Waals surface area (Å²) in [4.78, 5) is 27.0. The van der Waals surface area contributed by atoms with E-state index in [9.17, 15) is 9.59 Å². The molecule has 2 rings (SSSR count). The van der Waals surface area contributed by atoms with Gasteiger partial charge in [0.1, 0.15) is 0 Å². The van der Waals surface area contributed by atoms with E-state index in [1.165, 1.54) is 0 Å². The molecule has 1 N–H and O–H groups in total. The van der Waals surface area contributed by atoms with Crippen molar-refractivity contribution >= 4 is 12.0 Å². The van der Waals surface area contributed by atoms with Gasteiger partial charge in [-0.2, -0.15) is 0 Å². The van der Waals surface area contributed by atoms with Crippen molar-refractivity contribution in [3.8, 4) is 0 Å². The maximum absolute atomic E-state index is 12.4. The highest BCUT2D eigenvalue weighted by molar-refractivity contribution is 5.77. The molecular formula is C14H24N2O4. The summed E-state index contributed by atoms with van der Waals surface area (Å²) in [6.45, 7) is 6.87. The summed E-state index contributed by atoms with van der Waals surface area (Å²) in [7, 11) is 0. The number of hydrogen-bond donors (Lipinski definition) is 1. The average Bonchev–Trinajstić information content (AvgIpc) is 2.81. The summed E-state index contributed by atoms with van der Waals surface area (Å²) < 4.78 is 5.57. The fourth-order valence-electron chi connectivity index (χ4n) is 3.09. The first-order valence-electron chi connectivity index (χ1n) is 7.41. The lowest BCUT2D eigenvalue weighted by molar-refractivity contribution is -0.142. The van der Waals surface area contributed by atoms with Gasteiger partial charge in [0.05, 0.1) is 12.0 Å². The van der Waals surface area contributed by atoms with Crippen molar-refractivity contribution in [1.82, 2.24) is 9.80 Å². The molecule has 6 heteroatoms. The molecule has 0 spiro atoms. The molecule has 114 valence electrons. The molecule has 2 aliphatic heterocycles. The summed E-state index contributed by atoms with van der Waals surface area (Å²) in [5.74, 6) is -1.21. The van der Waals surface area contributed by atoms with Crippen molar-refractivity contribution in [3.63, 3.8) is 0 Å². The van der Waals surface area contributed by atoms with Gasteiger partial charge in [-0.15, -0.1) is 0 Å². The van der Waals surface area contributed by atoms with Gasteiger partial charge in [-0.1, -0.05) is 6.92 Å². The van der Waals surface area contributed by atoms with Crippen LogP contribution < -0.4 is 0 Å². The van der Waals surface area contributed by atoms with Crippen LogP contribution in [0.5, 0.6) is 0 Å². The van der Waals surface area contributed by atoms with Crippen molar-refractivity contribution < 1.29 is 19.4 Å². The number of carboxylic acids is 1. The van der Waals surface area contributed by atoms with E-state index in [0.29, 0.717) is 32.8 Å². The van der Waals surface area contributed by atoms with Crippen LogP contribution in [0.1, 0.15) is 26.7 Å². The summed E-state index contributed by atoms with van der Waals surface area (Å²) in [5, 5.41) is 9.12. The van der Waals surface area contributed by atoms with Crippen LogP contribution in [0.2, 0.25) is 0 Å². The SMILES string of the molecule is CCOC1CCN(C(=O)N2C[C@@H](C)[C@H](C(=O)O)C2)CC1. The van der Waals surface area contributed by atoms with E-state index in [4.69, 9.17) is 9.84 Å². The molecule has 2 heterocycles. The third-order valence-electron chi connectivity index (χ3n) is 4.31. The summed E-state index contributed by atoms with van der Waals surface area (Å²) >= 11 is 0. The Balaban J connectivity index is 1.85. The lowest BCUT2D eigenvalue weighted by Gasteiger charge is -2.34. The molecule has 0 unspecified atom stereocenters. The third-order valence-corrected chi connectivity index (χ3v) is 4.31. The van der Waals surface area contributed by atoms with E-state index in [-0.39, 0.29) is 18.1 Å². The number of aliphatic carboxylic acids is 1. The highest BCUT2D eigenvalue weighted by Gasteiger charge is 2.38. The lowest BCUT2D eigenvalue weighted by atomic mass is 9.99. The lowest BCUT2D eigenvalue weighted by Crippen LogP contribution is -2.47. The molecule has 0 aliphatic carbocycles. The molecule has 0 aromatic carbocycles. The van der Waals surface area contributed by atoms with Crippen LogP contribution in [0.25, 0.3) is 0 Å². The van der Waals surface area contributed by atoms with Crippen LogP contribution in [-0.4, -0.2) is 65.8 Å². The number of ether oxygens (including phenoxy) is 1. The second-order valence-corrected chi connectivity index (χ2v) is 5.75. The monoisotopic (exact) mass is 284 g/mol.